The summed E-state index contributed by atoms with van der Waals surface area (Å²) in [5.41, 5.74) is 1.03. The Morgan fingerprint density at radius 1 is 0.880 bits per heavy atom. The van der Waals surface area contributed by atoms with Crippen molar-refractivity contribution in [2.75, 3.05) is 0 Å². The molecule has 3 aliphatic rings. The molecular weight excluding hydrogens is 319 g/mol. The number of rotatable bonds is 5. The van der Waals surface area contributed by atoms with Gasteiger partial charge in [0.2, 0.25) is 11.8 Å². The number of nitrogens with one attached hydrogen (secondary N) is 2. The van der Waals surface area contributed by atoms with Gasteiger partial charge in [-0.1, -0.05) is 18.6 Å². The first kappa shape index (κ1) is 16.6. The van der Waals surface area contributed by atoms with Gasteiger partial charge in [-0.05, 0) is 62.1 Å². The quantitative estimate of drug-likeness (QED) is 0.863. The molecule has 0 bridgehead atoms. The van der Waals surface area contributed by atoms with Gasteiger partial charge >= 0.3 is 0 Å². The molecule has 4 nitrogen and oxygen atoms in total. The summed E-state index contributed by atoms with van der Waals surface area (Å²) in [4.78, 5) is 24.7. The van der Waals surface area contributed by atoms with E-state index in [1.54, 1.807) is 12.1 Å². The molecule has 0 aromatic heterocycles. The van der Waals surface area contributed by atoms with E-state index in [0.717, 1.165) is 50.5 Å². The standard InChI is InChI=1S/C20H25FN2O2/c21-14-6-4-12(5-7-14)17-11-18(17)20(25)23-16-3-1-2-13(10-16)19(24)22-15-8-9-15/h4-7,13,15-18H,1-3,8-11H2,(H,22,24)(H,23,25). The second-order valence-electron chi connectivity index (χ2n) is 7.85. The SMILES string of the molecule is O=C(NC1CC1)C1CCCC(NC(=O)C2CC2c2ccc(F)cc2)C1. The predicted molar refractivity (Wildman–Crippen MR) is 92.3 cm³/mol. The summed E-state index contributed by atoms with van der Waals surface area (Å²) in [6.45, 7) is 0. The van der Waals surface area contributed by atoms with Crippen LogP contribution in [0.5, 0.6) is 0 Å². The van der Waals surface area contributed by atoms with Crippen molar-refractivity contribution >= 4 is 11.8 Å². The molecule has 0 heterocycles. The Hall–Kier alpha value is -1.91. The number of carbonyl (C=O) groups excluding carboxylic acids is 2. The van der Waals surface area contributed by atoms with Gasteiger partial charge in [0.25, 0.3) is 0 Å². The number of hydrogen-bond acceptors (Lipinski definition) is 2. The van der Waals surface area contributed by atoms with Crippen LogP contribution in [-0.4, -0.2) is 23.9 Å². The van der Waals surface area contributed by atoms with Crippen LogP contribution in [-0.2, 0) is 9.59 Å². The van der Waals surface area contributed by atoms with Gasteiger partial charge in [0, 0.05) is 23.9 Å². The maximum atomic E-state index is 13.0. The average molecular weight is 344 g/mol. The van der Waals surface area contributed by atoms with Crippen LogP contribution < -0.4 is 10.6 Å². The molecule has 1 aromatic rings. The van der Waals surface area contributed by atoms with Gasteiger partial charge in [-0.15, -0.1) is 0 Å². The fourth-order valence-corrected chi connectivity index (χ4v) is 3.98. The molecule has 3 aliphatic carbocycles. The lowest BCUT2D eigenvalue weighted by Gasteiger charge is -2.29. The van der Waals surface area contributed by atoms with Crippen LogP contribution >= 0.6 is 0 Å². The zero-order valence-electron chi connectivity index (χ0n) is 14.3. The van der Waals surface area contributed by atoms with Crippen molar-refractivity contribution in [2.45, 2.75) is 62.9 Å². The maximum absolute atomic E-state index is 13.0. The van der Waals surface area contributed by atoms with Crippen molar-refractivity contribution in [1.29, 1.82) is 0 Å². The number of amides is 2. The highest BCUT2D eigenvalue weighted by Crippen LogP contribution is 2.47. The third-order valence-electron chi connectivity index (χ3n) is 5.74. The summed E-state index contributed by atoms with van der Waals surface area (Å²) in [5.74, 6) is 0.235. The van der Waals surface area contributed by atoms with Crippen LogP contribution in [0.3, 0.4) is 0 Å². The Bertz CT molecular complexity index is 656. The van der Waals surface area contributed by atoms with Crippen LogP contribution in [0, 0.1) is 17.7 Å². The topological polar surface area (TPSA) is 58.2 Å². The zero-order chi connectivity index (χ0) is 17.4. The minimum absolute atomic E-state index is 0.00821. The summed E-state index contributed by atoms with van der Waals surface area (Å²) in [6, 6.07) is 6.94. The van der Waals surface area contributed by atoms with Gasteiger partial charge < -0.3 is 10.6 Å². The van der Waals surface area contributed by atoms with Gasteiger partial charge in [0.05, 0.1) is 0 Å². The first-order chi connectivity index (χ1) is 12.1. The Balaban J connectivity index is 1.27. The number of carbonyl (C=O) groups is 2. The van der Waals surface area contributed by atoms with E-state index in [0.29, 0.717) is 6.04 Å². The van der Waals surface area contributed by atoms with E-state index < -0.39 is 0 Å². The van der Waals surface area contributed by atoms with E-state index in [2.05, 4.69) is 10.6 Å². The van der Waals surface area contributed by atoms with Crippen molar-refractivity contribution in [3.63, 3.8) is 0 Å². The molecule has 3 fully saturated rings. The van der Waals surface area contributed by atoms with Crippen LogP contribution in [0.1, 0.15) is 56.4 Å². The molecule has 4 rings (SSSR count). The van der Waals surface area contributed by atoms with Gasteiger partial charge in [-0.2, -0.15) is 0 Å². The lowest BCUT2D eigenvalue weighted by Crippen LogP contribution is -2.43. The number of benzene rings is 1. The van der Waals surface area contributed by atoms with Crippen molar-refractivity contribution < 1.29 is 14.0 Å². The normalized spacial score (nSPS) is 31.2. The zero-order valence-corrected chi connectivity index (χ0v) is 14.3. The fourth-order valence-electron chi connectivity index (χ4n) is 3.98. The van der Waals surface area contributed by atoms with Crippen molar-refractivity contribution in [3.8, 4) is 0 Å². The smallest absolute Gasteiger partial charge is 0.223 e. The third kappa shape index (κ3) is 4.02. The van der Waals surface area contributed by atoms with Crippen molar-refractivity contribution in [1.82, 2.24) is 10.6 Å². The van der Waals surface area contributed by atoms with Crippen LogP contribution in [0.4, 0.5) is 4.39 Å². The lowest BCUT2D eigenvalue weighted by atomic mass is 9.85. The molecule has 4 atom stereocenters. The van der Waals surface area contributed by atoms with E-state index in [4.69, 9.17) is 0 Å². The second-order valence-corrected chi connectivity index (χ2v) is 7.85. The minimum atomic E-state index is -0.247. The molecule has 2 amide bonds. The van der Waals surface area contributed by atoms with Gasteiger partial charge in [0.15, 0.2) is 0 Å². The summed E-state index contributed by atoms with van der Waals surface area (Å²) < 4.78 is 13.0. The summed E-state index contributed by atoms with van der Waals surface area (Å²) in [5, 5.41) is 6.24. The van der Waals surface area contributed by atoms with E-state index in [1.807, 2.05) is 0 Å². The highest BCUT2D eigenvalue weighted by molar-refractivity contribution is 5.83. The molecule has 2 N–H and O–H groups in total. The number of halogens is 1. The van der Waals surface area contributed by atoms with Crippen LogP contribution in [0.25, 0.3) is 0 Å². The van der Waals surface area contributed by atoms with Gasteiger partial charge in [-0.3, -0.25) is 9.59 Å². The van der Waals surface area contributed by atoms with Crippen molar-refractivity contribution in [2.24, 2.45) is 11.8 Å². The van der Waals surface area contributed by atoms with E-state index >= 15 is 0 Å². The minimum Gasteiger partial charge on any atom is -0.353 e. The van der Waals surface area contributed by atoms with Crippen LogP contribution in [0.15, 0.2) is 24.3 Å². The molecule has 0 radical (unpaired) electrons. The molecule has 134 valence electrons. The first-order valence-corrected chi connectivity index (χ1v) is 9.46. The van der Waals surface area contributed by atoms with Crippen molar-refractivity contribution in [3.05, 3.63) is 35.6 Å². The van der Waals surface area contributed by atoms with Gasteiger partial charge in [0.1, 0.15) is 5.82 Å². The summed E-state index contributed by atoms with van der Waals surface area (Å²) >= 11 is 0. The predicted octanol–water partition coefficient (Wildman–Crippen LogP) is 2.88. The van der Waals surface area contributed by atoms with E-state index in [1.165, 1.54) is 12.1 Å². The molecule has 0 saturated heterocycles. The largest absolute Gasteiger partial charge is 0.353 e. The Kier molecular flexibility index (Phi) is 4.48. The fraction of sp³-hybridized carbons (Fsp3) is 0.600. The highest BCUT2D eigenvalue weighted by atomic mass is 19.1. The van der Waals surface area contributed by atoms with Gasteiger partial charge in [-0.25, -0.2) is 4.39 Å². The lowest BCUT2D eigenvalue weighted by molar-refractivity contribution is -0.128. The molecule has 0 aliphatic heterocycles. The number of hydrogen-bond donors (Lipinski definition) is 2. The van der Waals surface area contributed by atoms with E-state index in [9.17, 15) is 14.0 Å². The molecule has 1 aromatic carbocycles. The van der Waals surface area contributed by atoms with E-state index in [-0.39, 0.29) is 41.4 Å². The average Bonchev–Trinajstić information content (AvgIpc) is 3.50. The highest BCUT2D eigenvalue weighted by Gasteiger charge is 2.44. The Morgan fingerprint density at radius 2 is 1.60 bits per heavy atom. The summed E-state index contributed by atoms with van der Waals surface area (Å²) in [6.07, 6.45) is 6.64. The molecule has 5 heteroatoms. The maximum Gasteiger partial charge on any atom is 0.223 e. The molecular formula is C20H25FN2O2. The summed E-state index contributed by atoms with van der Waals surface area (Å²) in [7, 11) is 0. The van der Waals surface area contributed by atoms with Crippen LogP contribution in [0.2, 0.25) is 0 Å². The molecule has 0 spiro atoms. The third-order valence-corrected chi connectivity index (χ3v) is 5.74. The first-order valence-electron chi connectivity index (χ1n) is 9.46. The second kappa shape index (κ2) is 6.77. The Morgan fingerprint density at radius 3 is 2.32 bits per heavy atom. The monoisotopic (exact) mass is 344 g/mol. The molecule has 25 heavy (non-hydrogen) atoms. The Labute approximate surface area is 147 Å². The molecule has 3 saturated carbocycles. The molecule has 4 unspecified atom stereocenters.